The van der Waals surface area contributed by atoms with E-state index in [9.17, 15) is 14.9 Å². The molecule has 0 radical (unpaired) electrons. The normalized spacial score (nSPS) is 16.5. The van der Waals surface area contributed by atoms with Crippen LogP contribution in [-0.4, -0.2) is 36.9 Å². The number of carbonyl (C=O) groups is 1. The van der Waals surface area contributed by atoms with Crippen molar-refractivity contribution in [2.45, 2.75) is 19.4 Å². The predicted octanol–water partition coefficient (Wildman–Crippen LogP) is 3.16. The van der Waals surface area contributed by atoms with E-state index in [1.807, 2.05) is 6.92 Å². The van der Waals surface area contributed by atoms with Gasteiger partial charge in [-0.25, -0.2) is 9.50 Å². The molecule has 0 aliphatic carbocycles. The summed E-state index contributed by atoms with van der Waals surface area (Å²) in [6, 6.07) is 6.29. The molecule has 0 saturated carbocycles. The largest absolute Gasteiger partial charge is 0.330 e. The Morgan fingerprint density at radius 1 is 1.38 bits per heavy atom. The maximum absolute atomic E-state index is 13.0. The van der Waals surface area contributed by atoms with Crippen molar-refractivity contribution < 1.29 is 9.72 Å². The second-order valence-electron chi connectivity index (χ2n) is 6.17. The van der Waals surface area contributed by atoms with Gasteiger partial charge in [-0.3, -0.25) is 14.9 Å². The molecule has 9 heteroatoms. The van der Waals surface area contributed by atoms with Gasteiger partial charge in [0.1, 0.15) is 0 Å². The fourth-order valence-electron chi connectivity index (χ4n) is 3.32. The van der Waals surface area contributed by atoms with Crippen LogP contribution in [0.15, 0.2) is 41.1 Å². The van der Waals surface area contributed by atoms with Crippen LogP contribution in [0.3, 0.4) is 0 Å². The van der Waals surface area contributed by atoms with Crippen molar-refractivity contribution in [2.75, 3.05) is 6.54 Å². The van der Waals surface area contributed by atoms with E-state index >= 15 is 0 Å². The monoisotopic (exact) mass is 415 g/mol. The van der Waals surface area contributed by atoms with E-state index < -0.39 is 4.92 Å². The van der Waals surface area contributed by atoms with Crippen LogP contribution >= 0.6 is 15.9 Å². The topological polar surface area (TPSA) is 93.6 Å². The van der Waals surface area contributed by atoms with Gasteiger partial charge in [-0.1, -0.05) is 0 Å². The number of non-ortho nitro benzene ring substituents is 1. The maximum atomic E-state index is 13.0. The first-order valence-corrected chi connectivity index (χ1v) is 8.82. The molecule has 4 rings (SSSR count). The van der Waals surface area contributed by atoms with Crippen LogP contribution in [0.2, 0.25) is 0 Å². The van der Waals surface area contributed by atoms with Gasteiger partial charge in [-0.15, -0.1) is 0 Å². The molecular weight excluding hydrogens is 402 g/mol. The average Bonchev–Trinajstić information content (AvgIpc) is 3.04. The van der Waals surface area contributed by atoms with Gasteiger partial charge < -0.3 is 4.90 Å². The molecule has 1 aliphatic rings. The number of aromatic nitrogens is 3. The number of nitrogens with zero attached hydrogens (tertiary/aromatic N) is 5. The Bertz CT molecular complexity index is 1050. The molecule has 0 N–H and O–H groups in total. The Hall–Kier alpha value is -2.81. The number of carbonyl (C=O) groups excluding carboxylic acids is 1. The number of fused-ring (bicyclic) bond motifs is 2. The van der Waals surface area contributed by atoms with Gasteiger partial charge in [0.05, 0.1) is 15.4 Å². The fourth-order valence-corrected chi connectivity index (χ4v) is 3.61. The molecule has 1 atom stereocenters. The SMILES string of the molecule is CC1c2ccc([N+](=O)[O-])cc2CCN1C(=O)c1cc2ncc(Br)cn2n1. The van der Waals surface area contributed by atoms with Crippen molar-refractivity contribution >= 4 is 33.2 Å². The highest BCUT2D eigenvalue weighted by Crippen LogP contribution is 2.32. The first-order chi connectivity index (χ1) is 12.4. The van der Waals surface area contributed by atoms with Gasteiger partial charge in [0.25, 0.3) is 11.6 Å². The number of amides is 1. The second-order valence-corrected chi connectivity index (χ2v) is 7.08. The van der Waals surface area contributed by atoms with Crippen LogP contribution in [0.1, 0.15) is 34.6 Å². The summed E-state index contributed by atoms with van der Waals surface area (Å²) in [6.07, 6.45) is 3.97. The van der Waals surface area contributed by atoms with Gasteiger partial charge in [-0.2, -0.15) is 5.10 Å². The van der Waals surface area contributed by atoms with E-state index in [4.69, 9.17) is 0 Å². The van der Waals surface area contributed by atoms with E-state index in [1.165, 1.54) is 6.07 Å². The molecule has 132 valence electrons. The number of hydrogen-bond donors (Lipinski definition) is 0. The minimum atomic E-state index is -0.399. The van der Waals surface area contributed by atoms with Crippen molar-refractivity contribution in [2.24, 2.45) is 0 Å². The van der Waals surface area contributed by atoms with Crippen LogP contribution in [-0.2, 0) is 6.42 Å². The molecule has 3 aromatic rings. The summed E-state index contributed by atoms with van der Waals surface area (Å²) in [5.41, 5.74) is 2.84. The summed E-state index contributed by atoms with van der Waals surface area (Å²) in [5.74, 6) is -0.178. The zero-order chi connectivity index (χ0) is 18.4. The summed E-state index contributed by atoms with van der Waals surface area (Å²) in [6.45, 7) is 2.41. The lowest BCUT2D eigenvalue weighted by molar-refractivity contribution is -0.384. The third-order valence-electron chi connectivity index (χ3n) is 4.64. The molecule has 0 spiro atoms. The first kappa shape index (κ1) is 16.6. The summed E-state index contributed by atoms with van der Waals surface area (Å²) < 4.78 is 2.33. The Labute approximate surface area is 156 Å². The van der Waals surface area contributed by atoms with E-state index in [0.717, 1.165) is 15.6 Å². The van der Waals surface area contributed by atoms with Gasteiger partial charge in [0.15, 0.2) is 11.3 Å². The molecule has 0 saturated heterocycles. The number of nitro benzene ring substituents is 1. The summed E-state index contributed by atoms with van der Waals surface area (Å²) in [4.78, 5) is 29.5. The highest BCUT2D eigenvalue weighted by Gasteiger charge is 2.30. The standard InChI is InChI=1S/C17H14BrN5O3/c1-10-14-3-2-13(23(25)26)6-11(14)4-5-21(10)17(24)15-7-16-19-8-12(18)9-22(16)20-15/h2-3,6-10H,4-5H2,1H3. The lowest BCUT2D eigenvalue weighted by Gasteiger charge is -2.34. The first-order valence-electron chi connectivity index (χ1n) is 8.03. The second kappa shape index (κ2) is 6.17. The van der Waals surface area contributed by atoms with E-state index in [1.54, 1.807) is 40.0 Å². The van der Waals surface area contributed by atoms with Crippen LogP contribution in [0.5, 0.6) is 0 Å². The fraction of sp³-hybridized carbons (Fsp3) is 0.235. The minimum Gasteiger partial charge on any atom is -0.330 e. The van der Waals surface area contributed by atoms with E-state index in [0.29, 0.717) is 24.3 Å². The Balaban J connectivity index is 1.65. The van der Waals surface area contributed by atoms with Crippen molar-refractivity contribution in [3.8, 4) is 0 Å². The molecule has 1 amide bonds. The van der Waals surface area contributed by atoms with Crippen molar-refractivity contribution in [3.63, 3.8) is 0 Å². The van der Waals surface area contributed by atoms with Crippen LogP contribution in [0.4, 0.5) is 5.69 Å². The zero-order valence-electron chi connectivity index (χ0n) is 13.8. The number of nitro groups is 1. The average molecular weight is 416 g/mol. The number of rotatable bonds is 2. The highest BCUT2D eigenvalue weighted by atomic mass is 79.9. The number of hydrogen-bond acceptors (Lipinski definition) is 5. The molecule has 0 fully saturated rings. The van der Waals surface area contributed by atoms with Crippen molar-refractivity contribution in [1.82, 2.24) is 19.5 Å². The molecule has 1 unspecified atom stereocenters. The zero-order valence-corrected chi connectivity index (χ0v) is 15.4. The molecule has 8 nitrogen and oxygen atoms in total. The maximum Gasteiger partial charge on any atom is 0.274 e. The summed E-state index contributed by atoms with van der Waals surface area (Å²) >= 11 is 3.33. The lowest BCUT2D eigenvalue weighted by Crippen LogP contribution is -2.39. The smallest absolute Gasteiger partial charge is 0.274 e. The Morgan fingerprint density at radius 3 is 2.96 bits per heavy atom. The quantitative estimate of drug-likeness (QED) is 0.473. The third kappa shape index (κ3) is 2.74. The van der Waals surface area contributed by atoms with Crippen molar-refractivity contribution in [1.29, 1.82) is 0 Å². The molecule has 2 aromatic heterocycles. The number of halogens is 1. The molecule has 3 heterocycles. The summed E-state index contributed by atoms with van der Waals surface area (Å²) in [5, 5.41) is 15.3. The van der Waals surface area contributed by atoms with Gasteiger partial charge >= 0.3 is 0 Å². The molecule has 26 heavy (non-hydrogen) atoms. The van der Waals surface area contributed by atoms with E-state index in [2.05, 4.69) is 26.0 Å². The molecule has 1 aliphatic heterocycles. The van der Waals surface area contributed by atoms with Gasteiger partial charge in [0.2, 0.25) is 0 Å². The van der Waals surface area contributed by atoms with E-state index in [-0.39, 0.29) is 17.6 Å². The third-order valence-corrected chi connectivity index (χ3v) is 5.05. The minimum absolute atomic E-state index is 0.0766. The van der Waals surface area contributed by atoms with Crippen LogP contribution in [0.25, 0.3) is 5.65 Å². The Kier molecular flexibility index (Phi) is 3.95. The highest BCUT2D eigenvalue weighted by molar-refractivity contribution is 9.10. The van der Waals surface area contributed by atoms with Crippen LogP contribution in [0, 0.1) is 10.1 Å². The predicted molar refractivity (Wildman–Crippen MR) is 96.9 cm³/mol. The van der Waals surface area contributed by atoms with Gasteiger partial charge in [-0.05, 0) is 46.5 Å². The van der Waals surface area contributed by atoms with Gasteiger partial charge in [0, 0.05) is 37.1 Å². The summed E-state index contributed by atoms with van der Waals surface area (Å²) in [7, 11) is 0. The molecule has 0 bridgehead atoms. The van der Waals surface area contributed by atoms with Crippen molar-refractivity contribution in [3.05, 3.63) is 68.1 Å². The van der Waals surface area contributed by atoms with Crippen LogP contribution < -0.4 is 0 Å². The molecule has 1 aromatic carbocycles. The Morgan fingerprint density at radius 2 is 2.19 bits per heavy atom. The number of benzene rings is 1. The molecular formula is C17H14BrN5O3. The lowest BCUT2D eigenvalue weighted by atomic mass is 9.93.